The smallest absolute Gasteiger partial charge is 0.120 e. The van der Waals surface area contributed by atoms with Gasteiger partial charge in [-0.05, 0) is 32.4 Å². The van der Waals surface area contributed by atoms with E-state index in [4.69, 9.17) is 15.2 Å². The van der Waals surface area contributed by atoms with Crippen molar-refractivity contribution in [3.05, 3.63) is 23.8 Å². The lowest BCUT2D eigenvalue weighted by Gasteiger charge is -2.43. The predicted octanol–water partition coefficient (Wildman–Crippen LogP) is 2.16. The fraction of sp³-hybridized carbons (Fsp3) is 0.600. The standard InChI is InChI=1S/C15H24N2O2/c1-11-9-17(10-15(2,3)19-11)14-7-13(18-4)6-5-12(14)8-16/h5-7,11H,8-10,16H2,1-4H3. The van der Waals surface area contributed by atoms with Crippen LogP contribution in [-0.2, 0) is 11.3 Å². The molecule has 0 saturated carbocycles. The Hall–Kier alpha value is -1.26. The normalized spacial score (nSPS) is 22.4. The molecule has 0 aromatic heterocycles. The minimum atomic E-state index is -0.146. The number of nitrogens with zero attached hydrogens (tertiary/aromatic N) is 1. The van der Waals surface area contributed by atoms with Crippen LogP contribution in [-0.4, -0.2) is 31.9 Å². The van der Waals surface area contributed by atoms with Crippen LogP contribution in [0.3, 0.4) is 0 Å². The van der Waals surface area contributed by atoms with Crippen molar-refractivity contribution in [1.29, 1.82) is 0 Å². The molecule has 2 rings (SSSR count). The first-order valence-electron chi connectivity index (χ1n) is 6.75. The third kappa shape index (κ3) is 3.19. The van der Waals surface area contributed by atoms with Crippen molar-refractivity contribution < 1.29 is 9.47 Å². The Morgan fingerprint density at radius 2 is 2.21 bits per heavy atom. The molecule has 1 fully saturated rings. The molecule has 0 aliphatic carbocycles. The Balaban J connectivity index is 2.34. The molecule has 1 aromatic carbocycles. The Labute approximate surface area is 115 Å². The molecule has 1 aromatic rings. The van der Waals surface area contributed by atoms with E-state index in [0.717, 1.165) is 30.1 Å². The molecule has 106 valence electrons. The Morgan fingerprint density at radius 3 is 2.79 bits per heavy atom. The van der Waals surface area contributed by atoms with Gasteiger partial charge in [0.15, 0.2) is 0 Å². The second-order valence-corrected chi connectivity index (χ2v) is 5.77. The van der Waals surface area contributed by atoms with Crippen LogP contribution in [0.1, 0.15) is 26.3 Å². The number of ether oxygens (including phenoxy) is 2. The van der Waals surface area contributed by atoms with Gasteiger partial charge in [0.05, 0.1) is 18.8 Å². The maximum atomic E-state index is 5.95. The average Bonchev–Trinajstić information content (AvgIpc) is 2.35. The first kappa shape index (κ1) is 14.2. The quantitative estimate of drug-likeness (QED) is 0.909. The number of rotatable bonds is 3. The molecule has 1 heterocycles. The van der Waals surface area contributed by atoms with Crippen molar-refractivity contribution in [2.75, 3.05) is 25.1 Å². The number of hydrogen-bond acceptors (Lipinski definition) is 4. The fourth-order valence-corrected chi connectivity index (χ4v) is 2.77. The number of morpholine rings is 1. The van der Waals surface area contributed by atoms with Crippen molar-refractivity contribution in [3.63, 3.8) is 0 Å². The lowest BCUT2D eigenvalue weighted by molar-refractivity contribution is -0.0750. The van der Waals surface area contributed by atoms with Crippen LogP contribution < -0.4 is 15.4 Å². The van der Waals surface area contributed by atoms with Crippen LogP contribution >= 0.6 is 0 Å². The van der Waals surface area contributed by atoms with E-state index in [1.54, 1.807) is 7.11 Å². The molecule has 0 spiro atoms. The Morgan fingerprint density at radius 1 is 1.47 bits per heavy atom. The highest BCUT2D eigenvalue weighted by Gasteiger charge is 2.32. The number of nitrogens with two attached hydrogens (primary N) is 1. The summed E-state index contributed by atoms with van der Waals surface area (Å²) in [5.74, 6) is 0.865. The summed E-state index contributed by atoms with van der Waals surface area (Å²) in [7, 11) is 1.69. The summed E-state index contributed by atoms with van der Waals surface area (Å²) in [4.78, 5) is 2.35. The van der Waals surface area contributed by atoms with Gasteiger partial charge in [-0.15, -0.1) is 0 Å². The van der Waals surface area contributed by atoms with Gasteiger partial charge in [-0.2, -0.15) is 0 Å². The predicted molar refractivity (Wildman–Crippen MR) is 77.7 cm³/mol. The summed E-state index contributed by atoms with van der Waals surface area (Å²) >= 11 is 0. The van der Waals surface area contributed by atoms with Crippen molar-refractivity contribution in [3.8, 4) is 5.75 Å². The SMILES string of the molecule is COc1ccc(CN)c(N2CC(C)OC(C)(C)C2)c1. The first-order chi connectivity index (χ1) is 8.95. The van der Waals surface area contributed by atoms with Crippen LogP contribution in [0.15, 0.2) is 18.2 Å². The number of benzene rings is 1. The van der Waals surface area contributed by atoms with Crippen LogP contribution in [0.2, 0.25) is 0 Å². The van der Waals surface area contributed by atoms with E-state index >= 15 is 0 Å². The van der Waals surface area contributed by atoms with Gasteiger partial charge in [0.25, 0.3) is 0 Å². The third-order valence-electron chi connectivity index (χ3n) is 3.42. The lowest BCUT2D eigenvalue weighted by atomic mass is 10.0. The summed E-state index contributed by atoms with van der Waals surface area (Å²) in [6.45, 7) is 8.62. The summed E-state index contributed by atoms with van der Waals surface area (Å²) in [6, 6.07) is 6.07. The minimum absolute atomic E-state index is 0.146. The summed E-state index contributed by atoms with van der Waals surface area (Å²) in [6.07, 6.45) is 0.209. The van der Waals surface area contributed by atoms with Gasteiger partial charge in [0.1, 0.15) is 5.75 Å². The van der Waals surface area contributed by atoms with Gasteiger partial charge in [-0.25, -0.2) is 0 Å². The maximum absolute atomic E-state index is 5.95. The van der Waals surface area contributed by atoms with Gasteiger partial charge < -0.3 is 20.1 Å². The minimum Gasteiger partial charge on any atom is -0.497 e. The van der Waals surface area contributed by atoms with Gasteiger partial charge in [0, 0.05) is 31.4 Å². The largest absolute Gasteiger partial charge is 0.497 e. The first-order valence-corrected chi connectivity index (χ1v) is 6.75. The van der Waals surface area contributed by atoms with E-state index in [0.29, 0.717) is 6.54 Å². The molecule has 1 saturated heterocycles. The van der Waals surface area contributed by atoms with Crippen LogP contribution in [0.25, 0.3) is 0 Å². The molecule has 1 atom stereocenters. The highest BCUT2D eigenvalue weighted by molar-refractivity contribution is 5.58. The molecule has 19 heavy (non-hydrogen) atoms. The maximum Gasteiger partial charge on any atom is 0.120 e. The zero-order valence-corrected chi connectivity index (χ0v) is 12.3. The van der Waals surface area contributed by atoms with E-state index in [1.807, 2.05) is 12.1 Å². The van der Waals surface area contributed by atoms with E-state index in [9.17, 15) is 0 Å². The topological polar surface area (TPSA) is 47.7 Å². The van der Waals surface area contributed by atoms with Gasteiger partial charge in [-0.3, -0.25) is 0 Å². The molecule has 1 aliphatic heterocycles. The van der Waals surface area contributed by atoms with Gasteiger partial charge in [0.2, 0.25) is 0 Å². The van der Waals surface area contributed by atoms with Crippen LogP contribution in [0.4, 0.5) is 5.69 Å². The Kier molecular flexibility index (Phi) is 4.02. The van der Waals surface area contributed by atoms with E-state index in [-0.39, 0.29) is 11.7 Å². The lowest BCUT2D eigenvalue weighted by Crippen LogP contribution is -2.52. The number of anilines is 1. The van der Waals surface area contributed by atoms with E-state index in [2.05, 4.69) is 31.7 Å². The summed E-state index contributed by atoms with van der Waals surface area (Å²) in [5.41, 5.74) is 8.01. The van der Waals surface area contributed by atoms with Crippen molar-refractivity contribution in [1.82, 2.24) is 0 Å². The highest BCUT2D eigenvalue weighted by atomic mass is 16.5. The molecule has 0 bridgehead atoms. The second-order valence-electron chi connectivity index (χ2n) is 5.77. The summed E-state index contributed by atoms with van der Waals surface area (Å²) < 4.78 is 11.3. The molecule has 2 N–H and O–H groups in total. The van der Waals surface area contributed by atoms with Gasteiger partial charge in [-0.1, -0.05) is 6.07 Å². The van der Waals surface area contributed by atoms with Crippen LogP contribution in [0.5, 0.6) is 5.75 Å². The van der Waals surface area contributed by atoms with E-state index in [1.165, 1.54) is 0 Å². The van der Waals surface area contributed by atoms with E-state index < -0.39 is 0 Å². The molecular weight excluding hydrogens is 240 g/mol. The highest BCUT2D eigenvalue weighted by Crippen LogP contribution is 2.31. The molecule has 1 unspecified atom stereocenters. The molecular formula is C15H24N2O2. The number of hydrogen-bond donors (Lipinski definition) is 1. The summed E-state index contributed by atoms with van der Waals surface area (Å²) in [5, 5.41) is 0. The molecule has 4 nitrogen and oxygen atoms in total. The van der Waals surface area contributed by atoms with Crippen molar-refractivity contribution in [2.24, 2.45) is 5.73 Å². The molecule has 0 amide bonds. The Bertz CT molecular complexity index is 446. The third-order valence-corrected chi connectivity index (χ3v) is 3.42. The van der Waals surface area contributed by atoms with Crippen LogP contribution in [0, 0.1) is 0 Å². The van der Waals surface area contributed by atoms with Crippen molar-refractivity contribution >= 4 is 5.69 Å². The fourth-order valence-electron chi connectivity index (χ4n) is 2.77. The second kappa shape index (κ2) is 5.39. The monoisotopic (exact) mass is 264 g/mol. The average molecular weight is 264 g/mol. The zero-order valence-electron chi connectivity index (χ0n) is 12.3. The van der Waals surface area contributed by atoms with Crippen molar-refractivity contribution in [2.45, 2.75) is 39.0 Å². The molecule has 1 aliphatic rings. The number of methoxy groups -OCH3 is 1. The molecule has 0 radical (unpaired) electrons. The zero-order chi connectivity index (χ0) is 14.0. The molecule has 4 heteroatoms. The van der Waals surface area contributed by atoms with Gasteiger partial charge >= 0.3 is 0 Å².